The van der Waals surface area contributed by atoms with Crippen LogP contribution in [0, 0.1) is 6.92 Å². The van der Waals surface area contributed by atoms with Crippen LogP contribution < -0.4 is 15.0 Å². The number of anilines is 2. The molecule has 2 amide bonds. The molecule has 0 fully saturated rings. The molecule has 0 saturated heterocycles. The van der Waals surface area contributed by atoms with E-state index in [-0.39, 0.29) is 17.3 Å². The molecule has 2 N–H and O–H groups in total. The largest absolute Gasteiger partial charge is 0.326 e. The first kappa shape index (κ1) is 29.5. The highest BCUT2D eigenvalue weighted by Crippen LogP contribution is 2.31. The monoisotopic (exact) mass is 588 g/mol. The van der Waals surface area contributed by atoms with E-state index < -0.39 is 15.9 Å². The Morgan fingerprint density at radius 3 is 2.12 bits per heavy atom. The van der Waals surface area contributed by atoms with Gasteiger partial charge < -0.3 is 5.32 Å². The van der Waals surface area contributed by atoms with Gasteiger partial charge in [0, 0.05) is 23.2 Å². The molecule has 10 heteroatoms. The minimum Gasteiger partial charge on any atom is -0.326 e. The van der Waals surface area contributed by atoms with Gasteiger partial charge in [0.15, 0.2) is 0 Å². The summed E-state index contributed by atoms with van der Waals surface area (Å²) in [6, 6.07) is 27.1. The second kappa shape index (κ2) is 12.8. The first-order valence-electron chi connectivity index (χ1n) is 12.7. The van der Waals surface area contributed by atoms with Gasteiger partial charge in [0.2, 0.25) is 5.91 Å². The number of benzene rings is 4. The molecule has 0 aliphatic heterocycles. The SMILES string of the molecule is CC(=O)Nc1ccc(/C(C)=N\NC(=O)c2ccc(CN(c3cc(Cl)ccc3C)S(=O)(=O)c3ccccc3)cc2)cc1. The predicted octanol–water partition coefficient (Wildman–Crippen LogP) is 6.16. The lowest BCUT2D eigenvalue weighted by Crippen LogP contribution is -2.31. The molecule has 0 bridgehead atoms. The summed E-state index contributed by atoms with van der Waals surface area (Å²) in [7, 11) is -3.91. The van der Waals surface area contributed by atoms with Crippen molar-refractivity contribution in [1.29, 1.82) is 0 Å². The Bertz CT molecular complexity index is 1690. The molecule has 0 heterocycles. The Balaban J connectivity index is 1.52. The smallest absolute Gasteiger partial charge is 0.271 e. The number of carbonyl (C=O) groups excluding carboxylic acids is 2. The lowest BCUT2D eigenvalue weighted by atomic mass is 10.1. The third kappa shape index (κ3) is 7.39. The van der Waals surface area contributed by atoms with E-state index in [1.54, 1.807) is 104 Å². The molecule has 0 atom stereocenters. The van der Waals surface area contributed by atoms with Crippen LogP contribution in [-0.2, 0) is 21.4 Å². The first-order chi connectivity index (χ1) is 19.5. The second-order valence-corrected chi connectivity index (χ2v) is 11.6. The van der Waals surface area contributed by atoms with E-state index in [1.165, 1.54) is 11.2 Å². The molecule has 0 aromatic heterocycles. The van der Waals surface area contributed by atoms with Crippen LogP contribution >= 0.6 is 11.6 Å². The number of nitrogens with one attached hydrogen (secondary N) is 2. The number of hydrazone groups is 1. The Morgan fingerprint density at radius 1 is 0.854 bits per heavy atom. The number of sulfonamides is 1. The van der Waals surface area contributed by atoms with E-state index in [2.05, 4.69) is 15.8 Å². The van der Waals surface area contributed by atoms with Gasteiger partial charge >= 0.3 is 0 Å². The van der Waals surface area contributed by atoms with Gasteiger partial charge in [-0.3, -0.25) is 13.9 Å². The fraction of sp³-hybridized carbons (Fsp3) is 0.129. The van der Waals surface area contributed by atoms with E-state index in [0.29, 0.717) is 33.2 Å². The van der Waals surface area contributed by atoms with Crippen molar-refractivity contribution in [1.82, 2.24) is 5.43 Å². The molecular formula is C31H29ClN4O4S. The molecular weight excluding hydrogens is 560 g/mol. The average Bonchev–Trinajstić information content (AvgIpc) is 2.96. The van der Waals surface area contributed by atoms with Crippen molar-refractivity contribution in [2.24, 2.45) is 5.10 Å². The third-order valence-corrected chi connectivity index (χ3v) is 8.27. The van der Waals surface area contributed by atoms with Crippen molar-refractivity contribution < 1.29 is 18.0 Å². The van der Waals surface area contributed by atoms with Crippen LogP contribution in [0.2, 0.25) is 5.02 Å². The normalized spacial score (nSPS) is 11.6. The topological polar surface area (TPSA) is 108 Å². The van der Waals surface area contributed by atoms with Gasteiger partial charge in [0.05, 0.1) is 22.8 Å². The van der Waals surface area contributed by atoms with Crippen molar-refractivity contribution in [2.45, 2.75) is 32.2 Å². The summed E-state index contributed by atoms with van der Waals surface area (Å²) in [5, 5.41) is 7.31. The van der Waals surface area contributed by atoms with Gasteiger partial charge in [-0.25, -0.2) is 13.8 Å². The number of hydrogen-bond donors (Lipinski definition) is 2. The second-order valence-electron chi connectivity index (χ2n) is 9.35. The summed E-state index contributed by atoms with van der Waals surface area (Å²) in [6.07, 6.45) is 0. The van der Waals surface area contributed by atoms with Gasteiger partial charge in [-0.05, 0) is 79.1 Å². The molecule has 4 aromatic rings. The Labute approximate surface area is 244 Å². The molecule has 0 radical (unpaired) electrons. The Hall–Kier alpha value is -4.47. The minimum absolute atomic E-state index is 0.0338. The van der Waals surface area contributed by atoms with Crippen LogP contribution in [0.15, 0.2) is 107 Å². The number of carbonyl (C=O) groups is 2. The standard InChI is InChI=1S/C31H29ClN4O4S/c1-21-9-16-27(32)19-30(21)36(41(39,40)29-7-5-4-6-8-29)20-24-10-12-26(13-11-24)31(38)35-34-22(2)25-14-17-28(18-15-25)33-23(3)37/h4-19H,20H2,1-3H3,(H,33,37)(H,35,38)/b34-22-. The fourth-order valence-corrected chi connectivity index (χ4v) is 5.76. The zero-order chi connectivity index (χ0) is 29.6. The molecule has 8 nitrogen and oxygen atoms in total. The van der Waals surface area contributed by atoms with Crippen molar-refractivity contribution >= 4 is 50.5 Å². The third-order valence-electron chi connectivity index (χ3n) is 6.26. The lowest BCUT2D eigenvalue weighted by molar-refractivity contribution is -0.114. The van der Waals surface area contributed by atoms with Crippen LogP contribution in [0.25, 0.3) is 0 Å². The number of aryl methyl sites for hydroxylation is 1. The molecule has 0 aliphatic rings. The van der Waals surface area contributed by atoms with Crippen LogP contribution in [0.3, 0.4) is 0 Å². The maximum Gasteiger partial charge on any atom is 0.271 e. The summed E-state index contributed by atoms with van der Waals surface area (Å²) in [5.74, 6) is -0.572. The van der Waals surface area contributed by atoms with Crippen molar-refractivity contribution in [3.63, 3.8) is 0 Å². The molecule has 210 valence electrons. The molecule has 0 saturated carbocycles. The van der Waals surface area contributed by atoms with Crippen LogP contribution in [0.1, 0.15) is 40.9 Å². The van der Waals surface area contributed by atoms with E-state index in [0.717, 1.165) is 11.1 Å². The minimum atomic E-state index is -3.91. The highest BCUT2D eigenvalue weighted by Gasteiger charge is 2.26. The average molecular weight is 589 g/mol. The summed E-state index contributed by atoms with van der Waals surface area (Å²) in [4.78, 5) is 24.1. The first-order valence-corrected chi connectivity index (χ1v) is 14.5. The van der Waals surface area contributed by atoms with Crippen molar-refractivity contribution in [2.75, 3.05) is 9.62 Å². The van der Waals surface area contributed by atoms with Crippen LogP contribution in [0.5, 0.6) is 0 Å². The van der Waals surface area contributed by atoms with Gasteiger partial charge in [-0.15, -0.1) is 0 Å². The molecule has 4 rings (SSSR count). The number of amides is 2. The molecule has 4 aromatic carbocycles. The molecule has 0 unspecified atom stereocenters. The Morgan fingerprint density at radius 2 is 1.49 bits per heavy atom. The van der Waals surface area contributed by atoms with E-state index in [4.69, 9.17) is 11.6 Å². The van der Waals surface area contributed by atoms with Crippen LogP contribution in [-0.4, -0.2) is 25.9 Å². The summed E-state index contributed by atoms with van der Waals surface area (Å²) in [5.41, 5.74) is 6.85. The zero-order valence-corrected chi connectivity index (χ0v) is 24.3. The lowest BCUT2D eigenvalue weighted by Gasteiger charge is -2.26. The summed E-state index contributed by atoms with van der Waals surface area (Å²) >= 11 is 6.24. The van der Waals surface area contributed by atoms with E-state index in [1.807, 2.05) is 6.92 Å². The highest BCUT2D eigenvalue weighted by atomic mass is 35.5. The maximum absolute atomic E-state index is 13.7. The number of nitrogens with zero attached hydrogens (tertiary/aromatic N) is 2. The van der Waals surface area contributed by atoms with Crippen molar-refractivity contribution in [3.05, 3.63) is 124 Å². The predicted molar refractivity (Wildman–Crippen MR) is 163 cm³/mol. The summed E-state index contributed by atoms with van der Waals surface area (Å²) < 4.78 is 28.7. The van der Waals surface area contributed by atoms with Crippen LogP contribution in [0.4, 0.5) is 11.4 Å². The number of hydrogen-bond acceptors (Lipinski definition) is 5. The quantitative estimate of drug-likeness (QED) is 0.180. The van der Waals surface area contributed by atoms with Crippen molar-refractivity contribution in [3.8, 4) is 0 Å². The molecule has 0 spiro atoms. The summed E-state index contributed by atoms with van der Waals surface area (Å²) in [6.45, 7) is 5.06. The fourth-order valence-electron chi connectivity index (χ4n) is 4.06. The van der Waals surface area contributed by atoms with Gasteiger partial charge in [0.1, 0.15) is 0 Å². The Kier molecular flexibility index (Phi) is 9.21. The number of halogens is 1. The maximum atomic E-state index is 13.7. The van der Waals surface area contributed by atoms with Gasteiger partial charge in [-0.1, -0.05) is 60.1 Å². The van der Waals surface area contributed by atoms with Gasteiger partial charge in [-0.2, -0.15) is 5.10 Å². The van der Waals surface area contributed by atoms with E-state index >= 15 is 0 Å². The number of rotatable bonds is 9. The van der Waals surface area contributed by atoms with E-state index in [9.17, 15) is 18.0 Å². The molecule has 0 aliphatic carbocycles. The zero-order valence-electron chi connectivity index (χ0n) is 22.8. The highest BCUT2D eigenvalue weighted by molar-refractivity contribution is 7.92. The van der Waals surface area contributed by atoms with Gasteiger partial charge in [0.25, 0.3) is 15.9 Å². The molecule has 41 heavy (non-hydrogen) atoms.